The molecule has 9 heteroatoms. The molecule has 0 bridgehead atoms. The SMILES string of the molecule is Cc1cc(NCC2CN(CC3CCN(CC4CC4)CC3)C(=O)CO2)c2nncn2n1. The Morgan fingerprint density at radius 1 is 1.17 bits per heavy atom. The third kappa shape index (κ3) is 4.57. The molecule has 0 spiro atoms. The minimum absolute atomic E-state index is 0.0332. The molecule has 1 N–H and O–H groups in total. The number of nitrogens with zero attached hydrogens (tertiary/aromatic N) is 6. The van der Waals surface area contributed by atoms with E-state index in [-0.39, 0.29) is 18.6 Å². The van der Waals surface area contributed by atoms with Crippen molar-refractivity contribution in [2.75, 3.05) is 51.2 Å². The molecule has 2 saturated heterocycles. The zero-order valence-corrected chi connectivity index (χ0v) is 17.7. The Morgan fingerprint density at radius 3 is 2.77 bits per heavy atom. The van der Waals surface area contributed by atoms with Gasteiger partial charge < -0.3 is 19.9 Å². The highest BCUT2D eigenvalue weighted by molar-refractivity contribution is 5.78. The fourth-order valence-corrected chi connectivity index (χ4v) is 4.62. The molecule has 1 atom stereocenters. The summed E-state index contributed by atoms with van der Waals surface area (Å²) in [5, 5.41) is 15.9. The highest BCUT2D eigenvalue weighted by Gasteiger charge is 2.31. The van der Waals surface area contributed by atoms with Gasteiger partial charge in [-0.25, -0.2) is 0 Å². The van der Waals surface area contributed by atoms with Gasteiger partial charge in [-0.1, -0.05) is 0 Å². The van der Waals surface area contributed by atoms with Crippen molar-refractivity contribution >= 4 is 17.2 Å². The Kier molecular flexibility index (Phi) is 5.56. The lowest BCUT2D eigenvalue weighted by atomic mass is 9.95. The third-order valence-corrected chi connectivity index (χ3v) is 6.53. The van der Waals surface area contributed by atoms with Crippen molar-refractivity contribution in [2.24, 2.45) is 11.8 Å². The maximum atomic E-state index is 12.4. The molecule has 2 aromatic heterocycles. The molecular formula is C21H31N7O2. The van der Waals surface area contributed by atoms with Crippen molar-refractivity contribution in [3.63, 3.8) is 0 Å². The monoisotopic (exact) mass is 413 g/mol. The lowest BCUT2D eigenvalue weighted by Crippen LogP contribution is -2.51. The number of hydrogen-bond acceptors (Lipinski definition) is 7. The van der Waals surface area contributed by atoms with Crippen LogP contribution in [-0.4, -0.2) is 87.5 Å². The van der Waals surface area contributed by atoms with Crippen molar-refractivity contribution in [2.45, 2.75) is 38.7 Å². The number of likely N-dealkylation sites (tertiary alicyclic amines) is 1. The standard InChI is InChI=1S/C21H31N7O2/c1-15-8-19(21-24-23-14-28(21)25-15)22-9-18-12-27(20(29)13-30-18)11-17-4-6-26(7-5-17)10-16-2-3-16/h8,14,16-18,22H,2-7,9-13H2,1H3. The number of nitrogens with one attached hydrogen (secondary N) is 1. The van der Waals surface area contributed by atoms with Crippen LogP contribution in [0.4, 0.5) is 5.69 Å². The summed E-state index contributed by atoms with van der Waals surface area (Å²) in [7, 11) is 0. The average molecular weight is 414 g/mol. The maximum absolute atomic E-state index is 12.4. The van der Waals surface area contributed by atoms with E-state index in [1.165, 1.54) is 45.3 Å². The van der Waals surface area contributed by atoms with Crippen LogP contribution in [0.3, 0.4) is 0 Å². The highest BCUT2D eigenvalue weighted by Crippen LogP contribution is 2.31. The second-order valence-corrected chi connectivity index (χ2v) is 9.10. The normalized spacial score (nSPS) is 24.0. The van der Waals surface area contributed by atoms with Crippen molar-refractivity contribution in [3.05, 3.63) is 18.1 Å². The first-order valence-corrected chi connectivity index (χ1v) is 11.2. The maximum Gasteiger partial charge on any atom is 0.248 e. The van der Waals surface area contributed by atoms with E-state index < -0.39 is 0 Å². The number of aromatic nitrogens is 4. The number of aryl methyl sites for hydroxylation is 1. The highest BCUT2D eigenvalue weighted by atomic mass is 16.5. The average Bonchev–Trinajstić information content (AvgIpc) is 3.43. The number of amides is 1. The molecule has 30 heavy (non-hydrogen) atoms. The molecule has 1 saturated carbocycles. The van der Waals surface area contributed by atoms with E-state index >= 15 is 0 Å². The molecule has 0 aromatic carbocycles. The Hall–Kier alpha value is -2.26. The molecule has 2 aliphatic heterocycles. The number of anilines is 1. The van der Waals surface area contributed by atoms with Gasteiger partial charge in [0.1, 0.15) is 12.9 Å². The summed E-state index contributed by atoms with van der Waals surface area (Å²) >= 11 is 0. The van der Waals surface area contributed by atoms with Crippen LogP contribution >= 0.6 is 0 Å². The minimum atomic E-state index is -0.0332. The summed E-state index contributed by atoms with van der Waals surface area (Å²) < 4.78 is 7.47. The third-order valence-electron chi connectivity index (χ3n) is 6.53. The van der Waals surface area contributed by atoms with Gasteiger partial charge in [-0.05, 0) is 63.6 Å². The van der Waals surface area contributed by atoms with Crippen LogP contribution in [0.5, 0.6) is 0 Å². The summed E-state index contributed by atoms with van der Waals surface area (Å²) in [5.74, 6) is 1.68. The Bertz CT molecular complexity index is 889. The van der Waals surface area contributed by atoms with Gasteiger partial charge >= 0.3 is 0 Å². The number of morpholine rings is 1. The van der Waals surface area contributed by atoms with Crippen LogP contribution in [0.1, 0.15) is 31.4 Å². The van der Waals surface area contributed by atoms with Gasteiger partial charge in [0.05, 0.1) is 17.5 Å². The topological polar surface area (TPSA) is 87.9 Å². The van der Waals surface area contributed by atoms with E-state index in [0.29, 0.717) is 24.7 Å². The van der Waals surface area contributed by atoms with E-state index in [2.05, 4.69) is 25.5 Å². The zero-order valence-electron chi connectivity index (χ0n) is 17.7. The molecule has 5 rings (SSSR count). The van der Waals surface area contributed by atoms with Crippen LogP contribution in [0.2, 0.25) is 0 Å². The van der Waals surface area contributed by atoms with Crippen LogP contribution < -0.4 is 5.32 Å². The van der Waals surface area contributed by atoms with E-state index in [1.807, 2.05) is 17.9 Å². The number of ether oxygens (including phenoxy) is 1. The number of carbonyl (C=O) groups is 1. The molecule has 1 unspecified atom stereocenters. The zero-order chi connectivity index (χ0) is 20.5. The molecule has 4 heterocycles. The van der Waals surface area contributed by atoms with E-state index in [4.69, 9.17) is 4.74 Å². The predicted octanol–water partition coefficient (Wildman–Crippen LogP) is 1.19. The molecule has 0 radical (unpaired) electrons. The van der Waals surface area contributed by atoms with Crippen LogP contribution in [0.15, 0.2) is 12.4 Å². The summed E-state index contributed by atoms with van der Waals surface area (Å²) in [6.45, 7) is 7.88. The quantitative estimate of drug-likeness (QED) is 0.730. The van der Waals surface area contributed by atoms with E-state index in [0.717, 1.165) is 23.8 Å². The molecule has 3 aliphatic rings. The summed E-state index contributed by atoms with van der Waals surface area (Å²) in [4.78, 5) is 17.1. The largest absolute Gasteiger partial charge is 0.379 e. The van der Waals surface area contributed by atoms with Crippen LogP contribution in [0.25, 0.3) is 5.65 Å². The van der Waals surface area contributed by atoms with Crippen molar-refractivity contribution < 1.29 is 9.53 Å². The van der Waals surface area contributed by atoms with E-state index in [9.17, 15) is 4.79 Å². The second kappa shape index (κ2) is 8.47. The van der Waals surface area contributed by atoms with Crippen LogP contribution in [0, 0.1) is 18.8 Å². The smallest absolute Gasteiger partial charge is 0.248 e. The Morgan fingerprint density at radius 2 is 1.97 bits per heavy atom. The first kappa shape index (κ1) is 19.7. The Labute approximate surface area is 176 Å². The first-order valence-electron chi connectivity index (χ1n) is 11.2. The van der Waals surface area contributed by atoms with Crippen molar-refractivity contribution in [3.8, 4) is 0 Å². The van der Waals surface area contributed by atoms with Crippen molar-refractivity contribution in [1.82, 2.24) is 29.6 Å². The summed E-state index contributed by atoms with van der Waals surface area (Å²) in [6, 6.07) is 1.96. The van der Waals surface area contributed by atoms with Gasteiger partial charge in [0.25, 0.3) is 0 Å². The van der Waals surface area contributed by atoms with Gasteiger partial charge in [-0.2, -0.15) is 9.61 Å². The number of piperidine rings is 1. The summed E-state index contributed by atoms with van der Waals surface area (Å²) in [6.07, 6.45) is 6.79. The summed E-state index contributed by atoms with van der Waals surface area (Å²) in [5.41, 5.74) is 2.47. The lowest BCUT2D eigenvalue weighted by molar-refractivity contribution is -0.149. The fourth-order valence-electron chi connectivity index (χ4n) is 4.62. The molecule has 162 valence electrons. The molecule has 1 aliphatic carbocycles. The van der Waals surface area contributed by atoms with Gasteiger partial charge in [0.15, 0.2) is 0 Å². The number of rotatable bonds is 7. The molecule has 9 nitrogen and oxygen atoms in total. The Balaban J connectivity index is 1.13. The number of fused-ring (bicyclic) bond motifs is 1. The second-order valence-electron chi connectivity index (χ2n) is 9.10. The van der Waals surface area contributed by atoms with Gasteiger partial charge in [0.2, 0.25) is 11.6 Å². The minimum Gasteiger partial charge on any atom is -0.379 e. The van der Waals surface area contributed by atoms with Gasteiger partial charge in [0, 0.05) is 26.2 Å². The lowest BCUT2D eigenvalue weighted by Gasteiger charge is -2.38. The molecule has 3 fully saturated rings. The first-order chi connectivity index (χ1) is 14.6. The van der Waals surface area contributed by atoms with Gasteiger partial charge in [-0.15, -0.1) is 10.2 Å². The number of carbonyl (C=O) groups excluding carboxylic acids is 1. The van der Waals surface area contributed by atoms with Gasteiger partial charge in [-0.3, -0.25) is 4.79 Å². The molecular weight excluding hydrogens is 382 g/mol. The number of hydrogen-bond donors (Lipinski definition) is 1. The molecule has 1 amide bonds. The van der Waals surface area contributed by atoms with E-state index in [1.54, 1.807) is 10.8 Å². The molecule has 2 aromatic rings. The predicted molar refractivity (Wildman–Crippen MR) is 112 cm³/mol. The van der Waals surface area contributed by atoms with Crippen LogP contribution in [-0.2, 0) is 9.53 Å². The van der Waals surface area contributed by atoms with Crippen molar-refractivity contribution in [1.29, 1.82) is 0 Å². The fraction of sp³-hybridized carbons (Fsp3) is 0.714.